The lowest BCUT2D eigenvalue weighted by Crippen LogP contribution is -2.42. The minimum Gasteiger partial charge on any atom is -0.496 e. The maximum absolute atomic E-state index is 9.79. The highest BCUT2D eigenvalue weighted by molar-refractivity contribution is 5.58. The van der Waals surface area contributed by atoms with Crippen molar-refractivity contribution in [1.82, 2.24) is 0 Å². The van der Waals surface area contributed by atoms with Gasteiger partial charge in [0.15, 0.2) is 0 Å². The Morgan fingerprint density at radius 3 is 2.33 bits per heavy atom. The van der Waals surface area contributed by atoms with Crippen molar-refractivity contribution in [3.63, 3.8) is 0 Å². The highest BCUT2D eigenvalue weighted by atomic mass is 16.5. The fourth-order valence-electron chi connectivity index (χ4n) is 1.90. The van der Waals surface area contributed by atoms with Gasteiger partial charge in [-0.3, -0.25) is 0 Å². The van der Waals surface area contributed by atoms with E-state index in [1.165, 1.54) is 26.2 Å². The first-order chi connectivity index (χ1) is 9.92. The Labute approximate surface area is 123 Å². The second kappa shape index (κ2) is 8.11. The van der Waals surface area contributed by atoms with Gasteiger partial charge in [-0.25, -0.2) is 0 Å². The van der Waals surface area contributed by atoms with Crippen LogP contribution in [-0.2, 0) is 6.61 Å². The van der Waals surface area contributed by atoms with E-state index in [0.717, 1.165) is 0 Å². The third-order valence-corrected chi connectivity index (χ3v) is 3.21. The van der Waals surface area contributed by atoms with E-state index in [1.54, 1.807) is 18.2 Å². The zero-order valence-electron chi connectivity index (χ0n) is 12.0. The zero-order chi connectivity index (χ0) is 16.0. The first-order valence-electron chi connectivity index (χ1n) is 6.59. The Morgan fingerprint density at radius 1 is 1.14 bits per heavy atom. The second-order valence-electron chi connectivity index (χ2n) is 4.76. The van der Waals surface area contributed by atoms with Crippen LogP contribution in [0.4, 0.5) is 0 Å². The lowest BCUT2D eigenvalue weighted by molar-refractivity contribution is -0.0874. The Hall–Kier alpha value is -1.44. The molecule has 0 aliphatic rings. The standard InChI is InChI=1S/C15H22O6/c1-9(17)14(19)15(20)12(18)7-6-10-4-3-5-13(21-2)11(10)8-16/h3-7,9,12,14-20H,8H2,1-2H3/b7-6+/t9-,12+,14-,15+/m0/s1. The Balaban J connectivity index is 2.90. The van der Waals surface area contributed by atoms with Crippen LogP contribution in [0.25, 0.3) is 6.08 Å². The summed E-state index contributed by atoms with van der Waals surface area (Å²) in [7, 11) is 1.49. The molecule has 0 spiro atoms. The second-order valence-corrected chi connectivity index (χ2v) is 4.76. The van der Waals surface area contributed by atoms with Crippen molar-refractivity contribution in [3.05, 3.63) is 35.4 Å². The molecule has 0 aromatic heterocycles. The molecule has 0 aliphatic heterocycles. The molecule has 0 saturated carbocycles. The number of methoxy groups -OCH3 is 1. The third kappa shape index (κ3) is 4.52. The molecular weight excluding hydrogens is 276 g/mol. The molecular formula is C15H22O6. The van der Waals surface area contributed by atoms with Crippen molar-refractivity contribution in [2.45, 2.75) is 37.9 Å². The van der Waals surface area contributed by atoms with Gasteiger partial charge in [-0.2, -0.15) is 0 Å². The van der Waals surface area contributed by atoms with Crippen LogP contribution in [0.1, 0.15) is 18.1 Å². The van der Waals surface area contributed by atoms with Crippen LogP contribution in [-0.4, -0.2) is 57.1 Å². The highest BCUT2D eigenvalue weighted by Gasteiger charge is 2.26. The molecule has 21 heavy (non-hydrogen) atoms. The molecule has 4 atom stereocenters. The summed E-state index contributed by atoms with van der Waals surface area (Å²) in [5, 5.41) is 47.5. The number of hydrogen-bond donors (Lipinski definition) is 5. The van der Waals surface area contributed by atoms with Gasteiger partial charge in [0.1, 0.15) is 24.1 Å². The quantitative estimate of drug-likeness (QED) is 0.471. The molecule has 118 valence electrons. The average Bonchev–Trinajstić information content (AvgIpc) is 2.50. The molecule has 1 aromatic carbocycles. The molecule has 6 heteroatoms. The van der Waals surface area contributed by atoms with Gasteiger partial charge in [-0.1, -0.05) is 24.3 Å². The largest absolute Gasteiger partial charge is 0.496 e. The van der Waals surface area contributed by atoms with E-state index in [9.17, 15) is 25.5 Å². The van der Waals surface area contributed by atoms with E-state index in [4.69, 9.17) is 4.74 Å². The van der Waals surface area contributed by atoms with Gasteiger partial charge in [0.2, 0.25) is 0 Å². The van der Waals surface area contributed by atoms with E-state index in [2.05, 4.69) is 0 Å². The van der Waals surface area contributed by atoms with Crippen LogP contribution in [0.2, 0.25) is 0 Å². The number of rotatable bonds is 7. The van der Waals surface area contributed by atoms with Gasteiger partial charge in [-0.15, -0.1) is 0 Å². The number of ether oxygens (including phenoxy) is 1. The van der Waals surface area contributed by atoms with Crippen LogP contribution >= 0.6 is 0 Å². The van der Waals surface area contributed by atoms with Crippen molar-refractivity contribution < 1.29 is 30.3 Å². The van der Waals surface area contributed by atoms with Gasteiger partial charge in [0.05, 0.1) is 19.8 Å². The topological polar surface area (TPSA) is 110 Å². The van der Waals surface area contributed by atoms with E-state index >= 15 is 0 Å². The summed E-state index contributed by atoms with van der Waals surface area (Å²) in [4.78, 5) is 0. The molecule has 0 fully saturated rings. The fourth-order valence-corrected chi connectivity index (χ4v) is 1.90. The molecule has 6 nitrogen and oxygen atoms in total. The summed E-state index contributed by atoms with van der Waals surface area (Å²) in [5.41, 5.74) is 1.17. The van der Waals surface area contributed by atoms with Crippen LogP contribution in [0.3, 0.4) is 0 Å². The number of aliphatic hydroxyl groups is 5. The van der Waals surface area contributed by atoms with E-state index in [0.29, 0.717) is 16.9 Å². The summed E-state index contributed by atoms with van der Waals surface area (Å²) in [6.45, 7) is 1.08. The van der Waals surface area contributed by atoms with E-state index in [-0.39, 0.29) is 6.61 Å². The molecule has 0 unspecified atom stereocenters. The number of benzene rings is 1. The predicted molar refractivity (Wildman–Crippen MR) is 77.7 cm³/mol. The molecule has 1 rings (SSSR count). The fraction of sp³-hybridized carbons (Fsp3) is 0.467. The van der Waals surface area contributed by atoms with Crippen molar-refractivity contribution in [1.29, 1.82) is 0 Å². The van der Waals surface area contributed by atoms with Gasteiger partial charge >= 0.3 is 0 Å². The average molecular weight is 298 g/mol. The van der Waals surface area contributed by atoms with Gasteiger partial charge in [-0.05, 0) is 18.6 Å². The molecule has 0 amide bonds. The summed E-state index contributed by atoms with van der Waals surface area (Å²) in [5.74, 6) is 0.513. The lowest BCUT2D eigenvalue weighted by atomic mass is 10.0. The summed E-state index contributed by atoms with van der Waals surface area (Å²) in [6.07, 6.45) is -2.68. The maximum Gasteiger partial charge on any atom is 0.124 e. The van der Waals surface area contributed by atoms with Crippen LogP contribution in [0, 0.1) is 0 Å². The summed E-state index contributed by atoms with van der Waals surface area (Å²) < 4.78 is 5.12. The van der Waals surface area contributed by atoms with Crippen molar-refractivity contribution in [2.75, 3.05) is 7.11 Å². The normalized spacial score (nSPS) is 17.5. The molecule has 0 bridgehead atoms. The third-order valence-electron chi connectivity index (χ3n) is 3.21. The number of hydrogen-bond acceptors (Lipinski definition) is 6. The minimum absolute atomic E-state index is 0.237. The minimum atomic E-state index is -1.51. The molecule has 0 radical (unpaired) electrons. The maximum atomic E-state index is 9.79. The SMILES string of the molecule is COc1cccc(/C=C/[C@@H](O)[C@@H](O)[C@@H](O)[C@H](C)O)c1CO. The Bertz CT molecular complexity index is 471. The van der Waals surface area contributed by atoms with Gasteiger partial charge in [0.25, 0.3) is 0 Å². The van der Waals surface area contributed by atoms with E-state index < -0.39 is 24.4 Å². The smallest absolute Gasteiger partial charge is 0.124 e. The summed E-state index contributed by atoms with van der Waals surface area (Å²) in [6, 6.07) is 5.14. The monoisotopic (exact) mass is 298 g/mol. The first-order valence-corrected chi connectivity index (χ1v) is 6.59. The number of aliphatic hydroxyl groups excluding tert-OH is 5. The lowest BCUT2D eigenvalue weighted by Gasteiger charge is -2.22. The zero-order valence-corrected chi connectivity index (χ0v) is 12.0. The van der Waals surface area contributed by atoms with Crippen molar-refractivity contribution >= 4 is 6.08 Å². The summed E-state index contributed by atoms with van der Waals surface area (Å²) >= 11 is 0. The molecule has 0 aliphatic carbocycles. The molecule has 0 heterocycles. The molecule has 1 aromatic rings. The Kier molecular flexibility index (Phi) is 6.80. The highest BCUT2D eigenvalue weighted by Crippen LogP contribution is 2.23. The van der Waals surface area contributed by atoms with Crippen molar-refractivity contribution in [3.8, 4) is 5.75 Å². The molecule has 5 N–H and O–H groups in total. The first kappa shape index (κ1) is 17.6. The van der Waals surface area contributed by atoms with Crippen LogP contribution < -0.4 is 4.74 Å². The van der Waals surface area contributed by atoms with Gasteiger partial charge < -0.3 is 30.3 Å². The van der Waals surface area contributed by atoms with Crippen LogP contribution in [0.15, 0.2) is 24.3 Å². The van der Waals surface area contributed by atoms with E-state index in [1.807, 2.05) is 0 Å². The predicted octanol–water partition coefficient (Wildman–Crippen LogP) is -0.336. The van der Waals surface area contributed by atoms with Crippen molar-refractivity contribution in [2.24, 2.45) is 0 Å². The van der Waals surface area contributed by atoms with Gasteiger partial charge in [0, 0.05) is 5.56 Å². The van der Waals surface area contributed by atoms with Crippen LogP contribution in [0.5, 0.6) is 5.75 Å². The Morgan fingerprint density at radius 2 is 1.81 bits per heavy atom. The molecule has 0 saturated heterocycles.